The fourth-order valence-corrected chi connectivity index (χ4v) is 3.07. The van der Waals surface area contributed by atoms with Gasteiger partial charge in [-0.3, -0.25) is 0 Å². The lowest BCUT2D eigenvalue weighted by atomic mass is 10.2. The molecule has 2 aromatic carbocycles. The number of hydrogen-bond acceptors (Lipinski definition) is 4. The van der Waals surface area contributed by atoms with Gasteiger partial charge in [0, 0.05) is 6.54 Å². The van der Waals surface area contributed by atoms with Crippen molar-refractivity contribution >= 4 is 11.0 Å². The lowest BCUT2D eigenvalue weighted by Gasteiger charge is -2.14. The molecule has 0 spiro atoms. The zero-order valence-electron chi connectivity index (χ0n) is 15.4. The summed E-state index contributed by atoms with van der Waals surface area (Å²) in [5, 5.41) is 10.5. The van der Waals surface area contributed by atoms with E-state index in [-0.39, 0.29) is 0 Å². The molecule has 3 rings (SSSR count). The molecule has 1 aromatic heterocycles. The summed E-state index contributed by atoms with van der Waals surface area (Å²) in [6, 6.07) is 15.6. The van der Waals surface area contributed by atoms with Gasteiger partial charge < -0.3 is 19.1 Å². The van der Waals surface area contributed by atoms with Crippen molar-refractivity contribution in [2.45, 2.75) is 38.8 Å². The Balaban J connectivity index is 1.66. The Hall–Kier alpha value is -2.53. The highest BCUT2D eigenvalue weighted by molar-refractivity contribution is 5.76. The Kier molecular flexibility index (Phi) is 6.12. The van der Waals surface area contributed by atoms with Crippen molar-refractivity contribution in [3.05, 3.63) is 54.4 Å². The first kappa shape index (κ1) is 18.3. The molecule has 5 heteroatoms. The highest BCUT2D eigenvalue weighted by Crippen LogP contribution is 2.24. The first-order chi connectivity index (χ1) is 12.7. The standard InChI is InChI=1S/C21H26N2O3/c1-3-7-20(24)21-22-18-8-4-5-9-19(18)23(21)14-6-15-26-17-12-10-16(25-2)11-13-17/h4-5,8-13,20,24H,3,6-7,14-15H2,1-2H3/t20-/m0/s1. The van der Waals surface area contributed by atoms with Crippen LogP contribution in [0.15, 0.2) is 48.5 Å². The molecule has 0 amide bonds. The van der Waals surface area contributed by atoms with Crippen LogP contribution in [0.4, 0.5) is 0 Å². The van der Waals surface area contributed by atoms with Crippen molar-refractivity contribution in [2.24, 2.45) is 0 Å². The summed E-state index contributed by atoms with van der Waals surface area (Å²) in [6.07, 6.45) is 1.93. The lowest BCUT2D eigenvalue weighted by molar-refractivity contribution is 0.152. The number of nitrogens with zero attached hydrogens (tertiary/aromatic N) is 2. The van der Waals surface area contributed by atoms with E-state index < -0.39 is 6.10 Å². The number of imidazole rings is 1. The second-order valence-electron chi connectivity index (χ2n) is 6.29. The number of aromatic nitrogens is 2. The predicted molar refractivity (Wildman–Crippen MR) is 103 cm³/mol. The summed E-state index contributed by atoms with van der Waals surface area (Å²) in [5.41, 5.74) is 1.98. The molecule has 1 atom stereocenters. The van der Waals surface area contributed by atoms with Gasteiger partial charge in [0.15, 0.2) is 0 Å². The summed E-state index contributed by atoms with van der Waals surface area (Å²) >= 11 is 0. The summed E-state index contributed by atoms with van der Waals surface area (Å²) in [5.74, 6) is 2.39. The van der Waals surface area contributed by atoms with E-state index in [1.807, 2.05) is 42.5 Å². The molecule has 0 fully saturated rings. The predicted octanol–water partition coefficient (Wildman–Crippen LogP) is 4.35. The summed E-state index contributed by atoms with van der Waals surface area (Å²) in [4.78, 5) is 4.65. The molecule has 0 saturated carbocycles. The van der Waals surface area contributed by atoms with E-state index in [0.717, 1.165) is 47.7 Å². The molecule has 0 aliphatic rings. The number of aryl methyl sites for hydroxylation is 1. The molecule has 5 nitrogen and oxygen atoms in total. The number of aliphatic hydroxyl groups excluding tert-OH is 1. The average Bonchev–Trinajstić information content (AvgIpc) is 3.05. The zero-order valence-corrected chi connectivity index (χ0v) is 15.4. The molecule has 26 heavy (non-hydrogen) atoms. The molecule has 3 aromatic rings. The molecule has 0 saturated heterocycles. The minimum absolute atomic E-state index is 0.532. The van der Waals surface area contributed by atoms with Crippen LogP contribution in [0.1, 0.15) is 38.1 Å². The normalized spacial score (nSPS) is 12.3. The van der Waals surface area contributed by atoms with Crippen LogP contribution < -0.4 is 9.47 Å². The van der Waals surface area contributed by atoms with Crippen molar-refractivity contribution in [3.63, 3.8) is 0 Å². The lowest BCUT2D eigenvalue weighted by Crippen LogP contribution is -2.11. The van der Waals surface area contributed by atoms with Gasteiger partial charge in [0.05, 0.1) is 24.8 Å². The van der Waals surface area contributed by atoms with Gasteiger partial charge in [-0.05, 0) is 49.2 Å². The zero-order chi connectivity index (χ0) is 18.4. The van der Waals surface area contributed by atoms with Gasteiger partial charge in [0.25, 0.3) is 0 Å². The highest BCUT2D eigenvalue weighted by atomic mass is 16.5. The number of fused-ring (bicyclic) bond motifs is 1. The highest BCUT2D eigenvalue weighted by Gasteiger charge is 2.17. The van der Waals surface area contributed by atoms with Gasteiger partial charge in [-0.2, -0.15) is 0 Å². The number of benzene rings is 2. The fraction of sp³-hybridized carbons (Fsp3) is 0.381. The van der Waals surface area contributed by atoms with Crippen molar-refractivity contribution in [2.75, 3.05) is 13.7 Å². The first-order valence-corrected chi connectivity index (χ1v) is 9.13. The van der Waals surface area contributed by atoms with Crippen LogP contribution >= 0.6 is 0 Å². The maximum atomic E-state index is 10.5. The van der Waals surface area contributed by atoms with Gasteiger partial charge in [0.2, 0.25) is 0 Å². The van der Waals surface area contributed by atoms with Crippen LogP contribution in [-0.4, -0.2) is 28.4 Å². The third-order valence-electron chi connectivity index (χ3n) is 4.40. The Labute approximate surface area is 154 Å². The molecule has 1 N–H and O–H groups in total. The van der Waals surface area contributed by atoms with Crippen molar-refractivity contribution in [1.29, 1.82) is 0 Å². The molecule has 138 valence electrons. The number of methoxy groups -OCH3 is 1. The van der Waals surface area contributed by atoms with Crippen LogP contribution in [0.3, 0.4) is 0 Å². The monoisotopic (exact) mass is 354 g/mol. The average molecular weight is 354 g/mol. The maximum absolute atomic E-state index is 10.5. The maximum Gasteiger partial charge on any atom is 0.138 e. The van der Waals surface area contributed by atoms with Crippen LogP contribution in [-0.2, 0) is 6.54 Å². The van der Waals surface area contributed by atoms with Crippen molar-refractivity contribution < 1.29 is 14.6 Å². The second kappa shape index (κ2) is 8.72. The van der Waals surface area contributed by atoms with Crippen molar-refractivity contribution in [1.82, 2.24) is 9.55 Å². The summed E-state index contributed by atoms with van der Waals surface area (Å²) < 4.78 is 13.1. The minimum atomic E-state index is -0.532. The van der Waals surface area contributed by atoms with Gasteiger partial charge in [0.1, 0.15) is 23.4 Å². The van der Waals surface area contributed by atoms with E-state index in [4.69, 9.17) is 9.47 Å². The Morgan fingerprint density at radius 3 is 2.54 bits per heavy atom. The van der Waals surface area contributed by atoms with Crippen LogP contribution in [0.2, 0.25) is 0 Å². The van der Waals surface area contributed by atoms with Crippen LogP contribution in [0.25, 0.3) is 11.0 Å². The van der Waals surface area contributed by atoms with E-state index in [1.54, 1.807) is 7.11 Å². The Morgan fingerprint density at radius 2 is 1.81 bits per heavy atom. The largest absolute Gasteiger partial charge is 0.497 e. The van der Waals surface area contributed by atoms with E-state index in [0.29, 0.717) is 13.0 Å². The smallest absolute Gasteiger partial charge is 0.138 e. The number of hydrogen-bond donors (Lipinski definition) is 1. The van der Waals surface area contributed by atoms with E-state index in [2.05, 4.69) is 22.5 Å². The molecular formula is C21H26N2O3. The topological polar surface area (TPSA) is 56.5 Å². The molecule has 0 aliphatic heterocycles. The number of para-hydroxylation sites is 2. The molecule has 0 aliphatic carbocycles. The second-order valence-corrected chi connectivity index (χ2v) is 6.29. The molecule has 0 bridgehead atoms. The summed E-state index contributed by atoms with van der Waals surface area (Å²) in [7, 11) is 1.65. The van der Waals surface area contributed by atoms with Crippen LogP contribution in [0, 0.1) is 0 Å². The van der Waals surface area contributed by atoms with E-state index in [1.165, 1.54) is 0 Å². The van der Waals surface area contributed by atoms with E-state index >= 15 is 0 Å². The van der Waals surface area contributed by atoms with E-state index in [9.17, 15) is 5.11 Å². The minimum Gasteiger partial charge on any atom is -0.497 e. The molecular weight excluding hydrogens is 328 g/mol. The number of rotatable bonds is 9. The molecule has 1 heterocycles. The van der Waals surface area contributed by atoms with Gasteiger partial charge >= 0.3 is 0 Å². The first-order valence-electron chi connectivity index (χ1n) is 9.13. The molecule has 0 unspecified atom stereocenters. The van der Waals surface area contributed by atoms with Crippen molar-refractivity contribution in [3.8, 4) is 11.5 Å². The van der Waals surface area contributed by atoms with Crippen LogP contribution in [0.5, 0.6) is 11.5 Å². The Bertz CT molecular complexity index is 827. The third-order valence-corrected chi connectivity index (χ3v) is 4.40. The van der Waals surface area contributed by atoms with Gasteiger partial charge in [-0.25, -0.2) is 4.98 Å². The fourth-order valence-electron chi connectivity index (χ4n) is 3.07. The van der Waals surface area contributed by atoms with Gasteiger partial charge in [-0.1, -0.05) is 25.5 Å². The Morgan fingerprint density at radius 1 is 1.08 bits per heavy atom. The molecule has 0 radical (unpaired) electrons. The summed E-state index contributed by atoms with van der Waals surface area (Å²) in [6.45, 7) is 3.42. The van der Waals surface area contributed by atoms with Gasteiger partial charge in [-0.15, -0.1) is 0 Å². The third kappa shape index (κ3) is 4.17. The quantitative estimate of drug-likeness (QED) is 0.581. The SMILES string of the molecule is CCC[C@H](O)c1nc2ccccc2n1CCCOc1ccc(OC)cc1. The number of aliphatic hydroxyl groups is 1. The number of ether oxygens (including phenoxy) is 2.